The van der Waals surface area contributed by atoms with Crippen LogP contribution in [0.4, 0.5) is 0 Å². The number of hydrogen-bond donors (Lipinski definition) is 1. The molecule has 1 aromatic carbocycles. The maximum Gasteiger partial charge on any atom is 0.176 e. The number of rotatable bonds is 4. The Bertz CT molecular complexity index is 466. The van der Waals surface area contributed by atoms with Gasteiger partial charge in [0.25, 0.3) is 0 Å². The zero-order valence-electron chi connectivity index (χ0n) is 11.8. The van der Waals surface area contributed by atoms with Crippen LogP contribution in [0.15, 0.2) is 24.3 Å². The number of aromatic hydroxyl groups is 1. The minimum atomic E-state index is 0.145. The van der Waals surface area contributed by atoms with Crippen molar-refractivity contribution in [1.82, 2.24) is 9.80 Å². The zero-order chi connectivity index (χ0) is 13.9. The van der Waals surface area contributed by atoms with Crippen LogP contribution in [-0.2, 0) is 0 Å². The lowest BCUT2D eigenvalue weighted by atomic mass is 10.1. The Hall–Kier alpha value is -1.39. The Morgan fingerprint density at radius 1 is 1.15 bits per heavy atom. The van der Waals surface area contributed by atoms with Gasteiger partial charge >= 0.3 is 0 Å². The maximum atomic E-state index is 12.2. The van der Waals surface area contributed by atoms with E-state index in [-0.39, 0.29) is 11.5 Å². The smallest absolute Gasteiger partial charge is 0.176 e. The summed E-state index contributed by atoms with van der Waals surface area (Å²) >= 11 is 0. The Morgan fingerprint density at radius 3 is 2.55 bits per heavy atom. The number of nitrogens with zero attached hydrogens (tertiary/aromatic N) is 2. The molecule has 0 saturated carbocycles. The summed E-state index contributed by atoms with van der Waals surface area (Å²) in [5.41, 5.74) is 0.687. The van der Waals surface area contributed by atoms with E-state index in [0.29, 0.717) is 18.2 Å². The number of phenols is 1. The molecule has 1 aromatic rings. The molecular weight excluding hydrogens is 252 g/mol. The highest BCUT2D eigenvalue weighted by Gasteiger charge is 2.29. The molecule has 0 amide bonds. The van der Waals surface area contributed by atoms with Crippen LogP contribution in [-0.4, -0.2) is 59.5 Å². The van der Waals surface area contributed by atoms with E-state index in [2.05, 4.69) is 9.80 Å². The zero-order valence-corrected chi connectivity index (χ0v) is 11.8. The molecular formula is C16H22N2O2. The second kappa shape index (κ2) is 5.94. The van der Waals surface area contributed by atoms with E-state index >= 15 is 0 Å². The van der Waals surface area contributed by atoms with Gasteiger partial charge in [-0.25, -0.2) is 0 Å². The van der Waals surface area contributed by atoms with E-state index in [9.17, 15) is 9.90 Å². The molecule has 2 aliphatic rings. The first-order valence-electron chi connectivity index (χ1n) is 7.51. The van der Waals surface area contributed by atoms with Gasteiger partial charge in [-0.05, 0) is 56.6 Å². The standard InChI is InChI=1S/C16H22N2O2/c19-15-5-3-13(4-6-15)16(20)12-17-10-7-14(11-17)18-8-1-2-9-18/h3-6,14,19H,1-2,7-12H2. The summed E-state index contributed by atoms with van der Waals surface area (Å²) in [5.74, 6) is 0.351. The lowest BCUT2D eigenvalue weighted by molar-refractivity contribution is 0.0940. The molecule has 2 fully saturated rings. The second-order valence-corrected chi connectivity index (χ2v) is 5.89. The quantitative estimate of drug-likeness (QED) is 0.850. The molecule has 2 heterocycles. The van der Waals surface area contributed by atoms with Crippen LogP contribution in [0.5, 0.6) is 5.75 Å². The highest BCUT2D eigenvalue weighted by Crippen LogP contribution is 2.20. The van der Waals surface area contributed by atoms with Gasteiger partial charge < -0.3 is 5.11 Å². The lowest BCUT2D eigenvalue weighted by Crippen LogP contribution is -2.36. The first-order valence-corrected chi connectivity index (χ1v) is 7.51. The van der Waals surface area contributed by atoms with Gasteiger partial charge in [0.15, 0.2) is 5.78 Å². The van der Waals surface area contributed by atoms with E-state index in [4.69, 9.17) is 0 Å². The third-order valence-corrected chi connectivity index (χ3v) is 4.46. The summed E-state index contributed by atoms with van der Waals surface area (Å²) in [6, 6.07) is 7.19. The van der Waals surface area contributed by atoms with Gasteiger partial charge in [0.1, 0.15) is 5.75 Å². The van der Waals surface area contributed by atoms with Crippen molar-refractivity contribution in [3.05, 3.63) is 29.8 Å². The summed E-state index contributed by atoms with van der Waals surface area (Å²) in [7, 11) is 0. The average Bonchev–Trinajstić information content (AvgIpc) is 3.09. The fourth-order valence-electron chi connectivity index (χ4n) is 3.30. The van der Waals surface area contributed by atoms with Gasteiger partial charge in [-0.2, -0.15) is 0 Å². The number of phenolic OH excluding ortho intramolecular Hbond substituents is 1. The number of carbonyl (C=O) groups excluding carboxylic acids is 1. The molecule has 0 aromatic heterocycles. The number of carbonyl (C=O) groups is 1. The number of benzene rings is 1. The number of hydrogen-bond acceptors (Lipinski definition) is 4. The van der Waals surface area contributed by atoms with Crippen LogP contribution in [0.1, 0.15) is 29.6 Å². The molecule has 1 unspecified atom stereocenters. The van der Waals surface area contributed by atoms with Crippen molar-refractivity contribution in [2.24, 2.45) is 0 Å². The monoisotopic (exact) mass is 274 g/mol. The molecule has 108 valence electrons. The largest absolute Gasteiger partial charge is 0.508 e. The van der Waals surface area contributed by atoms with E-state index < -0.39 is 0 Å². The van der Waals surface area contributed by atoms with Crippen LogP contribution < -0.4 is 0 Å². The predicted molar refractivity (Wildman–Crippen MR) is 78.1 cm³/mol. The van der Waals surface area contributed by atoms with Crippen molar-refractivity contribution in [1.29, 1.82) is 0 Å². The summed E-state index contributed by atoms with van der Waals surface area (Å²) < 4.78 is 0. The molecule has 3 rings (SSSR count). The molecule has 2 aliphatic heterocycles. The lowest BCUT2D eigenvalue weighted by Gasteiger charge is -2.23. The first kappa shape index (κ1) is 13.6. The van der Waals surface area contributed by atoms with Crippen molar-refractivity contribution in [3.63, 3.8) is 0 Å². The minimum absolute atomic E-state index is 0.145. The van der Waals surface area contributed by atoms with Crippen molar-refractivity contribution in [3.8, 4) is 5.75 Å². The molecule has 0 aliphatic carbocycles. The summed E-state index contributed by atoms with van der Waals surface area (Å²) in [6.07, 6.45) is 3.83. The van der Waals surface area contributed by atoms with Gasteiger partial charge in [0.2, 0.25) is 0 Å². The Labute approximate surface area is 120 Å². The molecule has 4 heteroatoms. The van der Waals surface area contributed by atoms with Gasteiger partial charge in [0, 0.05) is 24.7 Å². The normalized spacial score (nSPS) is 24.3. The van der Waals surface area contributed by atoms with Crippen LogP contribution in [0.25, 0.3) is 0 Å². The summed E-state index contributed by atoms with van der Waals surface area (Å²) in [5, 5.41) is 9.25. The fraction of sp³-hybridized carbons (Fsp3) is 0.562. The highest BCUT2D eigenvalue weighted by molar-refractivity contribution is 5.97. The first-order chi connectivity index (χ1) is 9.72. The highest BCUT2D eigenvalue weighted by atomic mass is 16.3. The van der Waals surface area contributed by atoms with E-state index in [1.54, 1.807) is 24.3 Å². The van der Waals surface area contributed by atoms with E-state index in [1.807, 2.05) is 0 Å². The fourth-order valence-corrected chi connectivity index (χ4v) is 3.30. The molecule has 0 spiro atoms. The van der Waals surface area contributed by atoms with Gasteiger partial charge in [0.05, 0.1) is 6.54 Å². The molecule has 1 N–H and O–H groups in total. The SMILES string of the molecule is O=C(CN1CCC(N2CCCC2)C1)c1ccc(O)cc1. The van der Waals surface area contributed by atoms with Crippen molar-refractivity contribution in [2.75, 3.05) is 32.7 Å². The molecule has 1 atom stereocenters. The second-order valence-electron chi connectivity index (χ2n) is 5.89. The number of likely N-dealkylation sites (tertiary alicyclic amines) is 2. The van der Waals surface area contributed by atoms with Crippen LogP contribution in [0, 0.1) is 0 Å². The summed E-state index contributed by atoms with van der Waals surface area (Å²) in [4.78, 5) is 17.0. The summed E-state index contributed by atoms with van der Waals surface area (Å²) in [6.45, 7) is 4.98. The van der Waals surface area contributed by atoms with Crippen LogP contribution in [0.3, 0.4) is 0 Å². The average molecular weight is 274 g/mol. The predicted octanol–water partition coefficient (Wildman–Crippen LogP) is 1.74. The van der Waals surface area contributed by atoms with Crippen molar-refractivity contribution >= 4 is 5.78 Å². The Balaban J connectivity index is 1.53. The van der Waals surface area contributed by atoms with Gasteiger partial charge in [-0.1, -0.05) is 0 Å². The molecule has 0 radical (unpaired) electrons. The molecule has 0 bridgehead atoms. The Morgan fingerprint density at radius 2 is 1.85 bits per heavy atom. The van der Waals surface area contributed by atoms with Gasteiger partial charge in [-0.15, -0.1) is 0 Å². The van der Waals surface area contributed by atoms with E-state index in [1.165, 1.54) is 32.4 Å². The third kappa shape index (κ3) is 3.02. The third-order valence-electron chi connectivity index (χ3n) is 4.46. The number of ketones is 1. The molecule has 20 heavy (non-hydrogen) atoms. The minimum Gasteiger partial charge on any atom is -0.508 e. The van der Waals surface area contributed by atoms with E-state index in [0.717, 1.165) is 13.1 Å². The van der Waals surface area contributed by atoms with Crippen LogP contribution >= 0.6 is 0 Å². The maximum absolute atomic E-state index is 12.2. The van der Waals surface area contributed by atoms with Crippen molar-refractivity contribution in [2.45, 2.75) is 25.3 Å². The molecule has 2 saturated heterocycles. The topological polar surface area (TPSA) is 43.8 Å². The number of Topliss-reactive ketones (excluding diaryl/α,β-unsaturated/α-hetero) is 1. The van der Waals surface area contributed by atoms with Crippen molar-refractivity contribution < 1.29 is 9.90 Å². The molecule has 4 nitrogen and oxygen atoms in total. The Kier molecular flexibility index (Phi) is 4.03. The van der Waals surface area contributed by atoms with Gasteiger partial charge in [-0.3, -0.25) is 14.6 Å². The van der Waals surface area contributed by atoms with Crippen LogP contribution in [0.2, 0.25) is 0 Å².